The summed E-state index contributed by atoms with van der Waals surface area (Å²) < 4.78 is 2.78. The number of aldehydes is 1. The Morgan fingerprint density at radius 1 is 1.43 bits per heavy atom. The quantitative estimate of drug-likeness (QED) is 0.715. The molecule has 3 heteroatoms. The first-order valence-corrected chi connectivity index (χ1v) is 5.14. The summed E-state index contributed by atoms with van der Waals surface area (Å²) in [6, 6.07) is 6.15. The van der Waals surface area contributed by atoms with Crippen molar-refractivity contribution in [2.24, 2.45) is 7.05 Å². The van der Waals surface area contributed by atoms with E-state index in [0.717, 1.165) is 21.7 Å². The molecule has 0 radical (unpaired) electrons. The van der Waals surface area contributed by atoms with Crippen LogP contribution in [0.2, 0.25) is 0 Å². The van der Waals surface area contributed by atoms with Crippen molar-refractivity contribution in [3.8, 4) is 0 Å². The van der Waals surface area contributed by atoms with E-state index in [0.29, 0.717) is 5.69 Å². The summed E-state index contributed by atoms with van der Waals surface area (Å²) in [7, 11) is 1.90. The molecule has 2 aromatic rings. The number of aryl methyl sites for hydroxylation is 2. The molecule has 0 saturated carbocycles. The van der Waals surface area contributed by atoms with E-state index in [2.05, 4.69) is 22.0 Å². The average Bonchev–Trinajstić information content (AvgIpc) is 2.39. The molecule has 0 aliphatic carbocycles. The molecule has 0 unspecified atom stereocenters. The van der Waals surface area contributed by atoms with Crippen molar-refractivity contribution < 1.29 is 4.79 Å². The van der Waals surface area contributed by atoms with Gasteiger partial charge in [-0.25, -0.2) is 0 Å². The van der Waals surface area contributed by atoms with Gasteiger partial charge in [-0.1, -0.05) is 12.1 Å². The minimum atomic E-state index is 0.686. The van der Waals surface area contributed by atoms with Crippen LogP contribution in [0.3, 0.4) is 0 Å². The van der Waals surface area contributed by atoms with Gasteiger partial charge in [-0.15, -0.1) is 0 Å². The fourth-order valence-corrected chi connectivity index (χ4v) is 2.35. The van der Waals surface area contributed by atoms with Crippen molar-refractivity contribution in [3.63, 3.8) is 0 Å². The van der Waals surface area contributed by atoms with Crippen molar-refractivity contribution in [1.29, 1.82) is 0 Å². The summed E-state index contributed by atoms with van der Waals surface area (Å²) in [6.45, 7) is 2.04. The Morgan fingerprint density at radius 3 is 2.79 bits per heavy atom. The molecule has 0 N–H and O–H groups in total. The molecule has 0 fully saturated rings. The number of nitrogens with zero attached hydrogens (tertiary/aromatic N) is 1. The van der Waals surface area contributed by atoms with E-state index in [1.807, 2.05) is 30.7 Å². The van der Waals surface area contributed by atoms with Crippen molar-refractivity contribution in [3.05, 3.63) is 33.9 Å². The van der Waals surface area contributed by atoms with Crippen LogP contribution in [-0.4, -0.2) is 10.9 Å². The molecule has 1 aromatic heterocycles. The fraction of sp³-hybridized carbons (Fsp3) is 0.182. The Hall–Kier alpha value is -1.09. The van der Waals surface area contributed by atoms with Crippen LogP contribution in [0.25, 0.3) is 10.9 Å². The Kier molecular flexibility index (Phi) is 2.19. The molecule has 14 heavy (non-hydrogen) atoms. The molecule has 0 saturated heterocycles. The maximum absolute atomic E-state index is 10.9. The summed E-state index contributed by atoms with van der Waals surface area (Å²) in [5.41, 5.74) is 2.97. The monoisotopic (exact) mass is 251 g/mol. The highest BCUT2D eigenvalue weighted by Crippen LogP contribution is 2.29. The van der Waals surface area contributed by atoms with Gasteiger partial charge in [0.2, 0.25) is 0 Å². The van der Waals surface area contributed by atoms with Crippen LogP contribution in [0.15, 0.2) is 22.7 Å². The molecule has 0 amide bonds. The second-order valence-corrected chi connectivity index (χ2v) is 4.19. The van der Waals surface area contributed by atoms with Gasteiger partial charge in [0.15, 0.2) is 6.29 Å². The third-order valence-corrected chi connectivity index (χ3v) is 3.28. The summed E-state index contributed by atoms with van der Waals surface area (Å²) in [5.74, 6) is 0. The minimum absolute atomic E-state index is 0.686. The molecule has 0 atom stereocenters. The van der Waals surface area contributed by atoms with E-state index in [-0.39, 0.29) is 0 Å². The molecule has 2 rings (SSSR count). The third kappa shape index (κ3) is 1.20. The standard InChI is InChI=1S/C11H10BrNO/c1-7-3-4-8-9(5-7)13(2)10(6-14)11(8)12/h3-6H,1-2H3. The van der Waals surface area contributed by atoms with E-state index in [4.69, 9.17) is 0 Å². The molecule has 0 aliphatic heterocycles. The van der Waals surface area contributed by atoms with Gasteiger partial charge in [-0.3, -0.25) is 4.79 Å². The zero-order chi connectivity index (χ0) is 10.3. The number of carbonyl (C=O) groups is 1. The number of aromatic nitrogens is 1. The maximum atomic E-state index is 10.9. The smallest absolute Gasteiger partial charge is 0.167 e. The molecular formula is C11H10BrNO. The first-order valence-electron chi connectivity index (χ1n) is 4.35. The molecule has 0 bridgehead atoms. The topological polar surface area (TPSA) is 22.0 Å². The average molecular weight is 252 g/mol. The van der Waals surface area contributed by atoms with Crippen LogP contribution >= 0.6 is 15.9 Å². The molecule has 0 spiro atoms. The Bertz CT molecular complexity index is 513. The Labute approximate surface area is 90.7 Å². The first-order chi connectivity index (χ1) is 6.65. The number of fused-ring (bicyclic) bond motifs is 1. The second-order valence-electron chi connectivity index (χ2n) is 3.40. The lowest BCUT2D eigenvalue weighted by molar-refractivity contribution is 0.111. The number of benzene rings is 1. The predicted molar refractivity (Wildman–Crippen MR) is 60.7 cm³/mol. The highest BCUT2D eigenvalue weighted by atomic mass is 79.9. The maximum Gasteiger partial charge on any atom is 0.167 e. The Balaban J connectivity index is 2.94. The number of hydrogen-bond donors (Lipinski definition) is 0. The van der Waals surface area contributed by atoms with Crippen molar-refractivity contribution in [2.75, 3.05) is 0 Å². The molecular weight excluding hydrogens is 242 g/mol. The van der Waals surface area contributed by atoms with E-state index >= 15 is 0 Å². The van der Waals surface area contributed by atoms with E-state index in [1.54, 1.807) is 0 Å². The lowest BCUT2D eigenvalue weighted by Gasteiger charge is -1.98. The van der Waals surface area contributed by atoms with Gasteiger partial charge >= 0.3 is 0 Å². The van der Waals surface area contributed by atoms with Crippen LogP contribution in [0.1, 0.15) is 16.1 Å². The van der Waals surface area contributed by atoms with Gasteiger partial charge in [0.25, 0.3) is 0 Å². The van der Waals surface area contributed by atoms with Gasteiger partial charge in [0.1, 0.15) is 0 Å². The lowest BCUT2D eigenvalue weighted by atomic mass is 10.2. The molecule has 1 heterocycles. The normalized spacial score (nSPS) is 10.8. The number of halogens is 1. The minimum Gasteiger partial charge on any atom is -0.340 e. The molecule has 0 aliphatic rings. The van der Waals surface area contributed by atoms with Crippen molar-refractivity contribution >= 4 is 33.1 Å². The van der Waals surface area contributed by atoms with Gasteiger partial charge in [-0.05, 0) is 34.5 Å². The fourth-order valence-electron chi connectivity index (χ4n) is 1.65. The van der Waals surface area contributed by atoms with Gasteiger partial charge < -0.3 is 4.57 Å². The number of rotatable bonds is 1. The zero-order valence-electron chi connectivity index (χ0n) is 8.04. The van der Waals surface area contributed by atoms with Crippen LogP contribution in [0.5, 0.6) is 0 Å². The highest BCUT2D eigenvalue weighted by molar-refractivity contribution is 9.10. The lowest BCUT2D eigenvalue weighted by Crippen LogP contribution is -1.93. The number of carbonyl (C=O) groups excluding carboxylic acids is 1. The third-order valence-electron chi connectivity index (χ3n) is 2.45. The van der Waals surface area contributed by atoms with Crippen molar-refractivity contribution in [2.45, 2.75) is 6.92 Å². The summed E-state index contributed by atoms with van der Waals surface area (Å²) in [4.78, 5) is 10.9. The summed E-state index contributed by atoms with van der Waals surface area (Å²) in [6.07, 6.45) is 0.874. The van der Waals surface area contributed by atoms with Crippen LogP contribution in [-0.2, 0) is 7.05 Å². The van der Waals surface area contributed by atoms with E-state index in [9.17, 15) is 4.79 Å². The Morgan fingerprint density at radius 2 is 2.14 bits per heavy atom. The summed E-state index contributed by atoms with van der Waals surface area (Å²) in [5, 5.41) is 1.08. The molecule has 72 valence electrons. The summed E-state index contributed by atoms with van der Waals surface area (Å²) >= 11 is 3.44. The number of hydrogen-bond acceptors (Lipinski definition) is 1. The van der Waals surface area contributed by atoms with Crippen LogP contribution in [0, 0.1) is 6.92 Å². The zero-order valence-corrected chi connectivity index (χ0v) is 9.63. The van der Waals surface area contributed by atoms with E-state index in [1.165, 1.54) is 5.56 Å². The van der Waals surface area contributed by atoms with Gasteiger partial charge in [0.05, 0.1) is 10.2 Å². The second kappa shape index (κ2) is 3.24. The van der Waals surface area contributed by atoms with Gasteiger partial charge in [0, 0.05) is 18.0 Å². The molecule has 2 nitrogen and oxygen atoms in total. The SMILES string of the molecule is Cc1ccc2c(Br)c(C=O)n(C)c2c1. The van der Waals surface area contributed by atoms with Crippen LogP contribution in [0.4, 0.5) is 0 Å². The predicted octanol–water partition coefficient (Wildman–Crippen LogP) is 3.06. The molecule has 1 aromatic carbocycles. The largest absolute Gasteiger partial charge is 0.340 e. The van der Waals surface area contributed by atoms with Gasteiger partial charge in [-0.2, -0.15) is 0 Å². The first kappa shape index (κ1) is 9.46. The van der Waals surface area contributed by atoms with Crippen LogP contribution < -0.4 is 0 Å². The van der Waals surface area contributed by atoms with E-state index < -0.39 is 0 Å². The van der Waals surface area contributed by atoms with Crippen molar-refractivity contribution in [1.82, 2.24) is 4.57 Å². The highest BCUT2D eigenvalue weighted by Gasteiger charge is 2.11.